The maximum absolute atomic E-state index is 11.7. The number of hydrogen-bond acceptors (Lipinski definition) is 4. The first kappa shape index (κ1) is 14.0. The number of anilines is 1. The molecular weight excluding hydrogens is 228 g/mol. The second kappa shape index (κ2) is 5.54. The lowest BCUT2D eigenvalue weighted by molar-refractivity contribution is 0.0475. The summed E-state index contributed by atoms with van der Waals surface area (Å²) in [5, 5.41) is 8.84. The molecule has 1 rings (SSSR count). The molecule has 0 aliphatic heterocycles. The number of nitrogens with zero attached hydrogens (tertiary/aromatic N) is 1. The third-order valence-electron chi connectivity index (χ3n) is 2.77. The van der Waals surface area contributed by atoms with Crippen molar-refractivity contribution in [2.24, 2.45) is 5.41 Å². The molecule has 0 heterocycles. The van der Waals surface area contributed by atoms with Crippen molar-refractivity contribution in [1.29, 1.82) is 5.26 Å². The van der Waals surface area contributed by atoms with Crippen molar-refractivity contribution < 1.29 is 9.53 Å². The lowest BCUT2D eigenvalue weighted by atomic mass is 9.92. The van der Waals surface area contributed by atoms with Gasteiger partial charge in [0.15, 0.2) is 0 Å². The number of rotatable bonds is 4. The monoisotopic (exact) mass is 246 g/mol. The fourth-order valence-electron chi connectivity index (χ4n) is 1.34. The number of carbonyl (C=O) groups excluding carboxylic acids is 1. The minimum absolute atomic E-state index is 0.239. The van der Waals surface area contributed by atoms with E-state index in [0.29, 0.717) is 17.7 Å². The minimum Gasteiger partial charge on any atom is -0.462 e. The first-order valence-electron chi connectivity index (χ1n) is 5.80. The number of carbonyl (C=O) groups is 1. The highest BCUT2D eigenvalue weighted by atomic mass is 16.5. The van der Waals surface area contributed by atoms with Crippen molar-refractivity contribution >= 4 is 11.7 Å². The first-order valence-corrected chi connectivity index (χ1v) is 5.80. The maximum atomic E-state index is 11.7. The van der Waals surface area contributed by atoms with Crippen molar-refractivity contribution in [2.45, 2.75) is 27.2 Å². The molecule has 0 aliphatic rings. The highest BCUT2D eigenvalue weighted by molar-refractivity contribution is 5.90. The largest absolute Gasteiger partial charge is 0.462 e. The summed E-state index contributed by atoms with van der Waals surface area (Å²) in [6, 6.07) is 7.19. The van der Waals surface area contributed by atoms with E-state index in [1.807, 2.05) is 20.8 Å². The van der Waals surface area contributed by atoms with E-state index in [0.717, 1.165) is 5.56 Å². The van der Waals surface area contributed by atoms with Gasteiger partial charge in [-0.1, -0.05) is 0 Å². The smallest absolute Gasteiger partial charge is 0.338 e. The van der Waals surface area contributed by atoms with Gasteiger partial charge in [0.05, 0.1) is 23.7 Å². The summed E-state index contributed by atoms with van der Waals surface area (Å²) in [7, 11) is 0. The van der Waals surface area contributed by atoms with Gasteiger partial charge in [0.1, 0.15) is 0 Å². The van der Waals surface area contributed by atoms with Crippen LogP contribution in [0.1, 0.15) is 36.2 Å². The molecular formula is C14H18N2O2. The van der Waals surface area contributed by atoms with Gasteiger partial charge in [0, 0.05) is 5.69 Å². The zero-order valence-corrected chi connectivity index (χ0v) is 11.0. The first-order chi connectivity index (χ1) is 8.35. The van der Waals surface area contributed by atoms with Crippen LogP contribution in [0.15, 0.2) is 18.2 Å². The van der Waals surface area contributed by atoms with Crippen LogP contribution >= 0.6 is 0 Å². The van der Waals surface area contributed by atoms with Crippen molar-refractivity contribution in [3.05, 3.63) is 29.3 Å². The molecule has 0 fully saturated rings. The number of nitriles is 1. The van der Waals surface area contributed by atoms with E-state index in [4.69, 9.17) is 15.7 Å². The number of benzene rings is 1. The zero-order chi connectivity index (χ0) is 13.8. The van der Waals surface area contributed by atoms with Crippen LogP contribution in [0.2, 0.25) is 0 Å². The summed E-state index contributed by atoms with van der Waals surface area (Å²) in [4.78, 5) is 11.7. The summed E-state index contributed by atoms with van der Waals surface area (Å²) in [5.41, 5.74) is 7.18. The van der Waals surface area contributed by atoms with Crippen LogP contribution in [0.3, 0.4) is 0 Å². The quantitative estimate of drug-likeness (QED) is 0.654. The Bertz CT molecular complexity index is 487. The van der Waals surface area contributed by atoms with Crippen LogP contribution in [0.4, 0.5) is 5.69 Å². The summed E-state index contributed by atoms with van der Waals surface area (Å²) >= 11 is 0. The molecule has 0 saturated carbocycles. The van der Waals surface area contributed by atoms with E-state index in [-0.39, 0.29) is 12.6 Å². The van der Waals surface area contributed by atoms with Gasteiger partial charge in [-0.05, 0) is 51.0 Å². The number of aryl methyl sites for hydroxylation is 1. The Kier molecular flexibility index (Phi) is 4.33. The molecule has 0 saturated heterocycles. The van der Waals surface area contributed by atoms with Gasteiger partial charge in [-0.3, -0.25) is 0 Å². The number of hydrogen-bond donors (Lipinski definition) is 1. The molecule has 0 atom stereocenters. The van der Waals surface area contributed by atoms with Gasteiger partial charge in [0.25, 0.3) is 0 Å². The standard InChI is InChI=1S/C14H18N2O2/c1-10-8-11(4-5-12(10)16)13(17)18-7-6-14(2,3)9-15/h4-5,8H,6-7,16H2,1-3H3. The molecule has 2 N–H and O–H groups in total. The number of esters is 1. The molecule has 4 heteroatoms. The van der Waals surface area contributed by atoms with Gasteiger partial charge < -0.3 is 10.5 Å². The van der Waals surface area contributed by atoms with Crippen molar-refractivity contribution in [1.82, 2.24) is 0 Å². The third-order valence-corrected chi connectivity index (χ3v) is 2.77. The molecule has 96 valence electrons. The Morgan fingerprint density at radius 2 is 2.17 bits per heavy atom. The molecule has 1 aromatic carbocycles. The van der Waals surface area contributed by atoms with Gasteiger partial charge in [0.2, 0.25) is 0 Å². The molecule has 1 aromatic rings. The lowest BCUT2D eigenvalue weighted by Gasteiger charge is -2.14. The van der Waals surface area contributed by atoms with Crippen LogP contribution in [0.5, 0.6) is 0 Å². The van der Waals surface area contributed by atoms with Crippen LogP contribution < -0.4 is 5.73 Å². The van der Waals surface area contributed by atoms with E-state index in [9.17, 15) is 4.79 Å². The Morgan fingerprint density at radius 3 is 2.72 bits per heavy atom. The number of nitrogen functional groups attached to an aromatic ring is 1. The predicted octanol–water partition coefficient (Wildman–Crippen LogP) is 2.67. The fraction of sp³-hybridized carbons (Fsp3) is 0.429. The van der Waals surface area contributed by atoms with Crippen LogP contribution in [-0.4, -0.2) is 12.6 Å². The highest BCUT2D eigenvalue weighted by Crippen LogP contribution is 2.19. The average molecular weight is 246 g/mol. The average Bonchev–Trinajstić information content (AvgIpc) is 2.32. The molecule has 0 unspecified atom stereocenters. The van der Waals surface area contributed by atoms with Crippen molar-refractivity contribution in [3.8, 4) is 6.07 Å². The molecule has 0 amide bonds. The molecule has 0 aromatic heterocycles. The Morgan fingerprint density at radius 1 is 1.50 bits per heavy atom. The number of ether oxygens (including phenoxy) is 1. The Labute approximate surface area is 107 Å². The maximum Gasteiger partial charge on any atom is 0.338 e. The van der Waals surface area contributed by atoms with Crippen LogP contribution in [-0.2, 0) is 4.74 Å². The lowest BCUT2D eigenvalue weighted by Crippen LogP contribution is -2.14. The minimum atomic E-state index is -0.475. The van der Waals surface area contributed by atoms with E-state index in [2.05, 4.69) is 6.07 Å². The van der Waals surface area contributed by atoms with Gasteiger partial charge in [-0.15, -0.1) is 0 Å². The molecule has 4 nitrogen and oxygen atoms in total. The van der Waals surface area contributed by atoms with Crippen molar-refractivity contribution in [3.63, 3.8) is 0 Å². The second-order valence-corrected chi connectivity index (χ2v) is 4.95. The van der Waals surface area contributed by atoms with Gasteiger partial charge >= 0.3 is 5.97 Å². The van der Waals surface area contributed by atoms with E-state index in [1.54, 1.807) is 18.2 Å². The van der Waals surface area contributed by atoms with Crippen molar-refractivity contribution in [2.75, 3.05) is 12.3 Å². The zero-order valence-electron chi connectivity index (χ0n) is 11.0. The second-order valence-electron chi connectivity index (χ2n) is 4.95. The summed E-state index contributed by atoms with van der Waals surface area (Å²) in [6.07, 6.45) is 0.517. The molecule has 0 radical (unpaired) electrons. The predicted molar refractivity (Wildman–Crippen MR) is 69.9 cm³/mol. The summed E-state index contributed by atoms with van der Waals surface area (Å²) < 4.78 is 5.13. The molecule has 0 bridgehead atoms. The Hall–Kier alpha value is -2.02. The fourth-order valence-corrected chi connectivity index (χ4v) is 1.34. The normalized spacial score (nSPS) is 10.8. The van der Waals surface area contributed by atoms with Crippen LogP contribution in [0, 0.1) is 23.7 Å². The SMILES string of the molecule is Cc1cc(C(=O)OCCC(C)(C)C#N)ccc1N. The topological polar surface area (TPSA) is 76.1 Å². The van der Waals surface area contributed by atoms with E-state index < -0.39 is 5.41 Å². The van der Waals surface area contributed by atoms with Crippen LogP contribution in [0.25, 0.3) is 0 Å². The third kappa shape index (κ3) is 3.77. The number of nitrogens with two attached hydrogens (primary N) is 1. The molecule has 0 aliphatic carbocycles. The summed E-state index contributed by atoms with van der Waals surface area (Å²) in [6.45, 7) is 5.70. The molecule has 0 spiro atoms. The Balaban J connectivity index is 2.56. The van der Waals surface area contributed by atoms with E-state index >= 15 is 0 Å². The highest BCUT2D eigenvalue weighted by Gasteiger charge is 2.17. The van der Waals surface area contributed by atoms with Gasteiger partial charge in [-0.2, -0.15) is 5.26 Å². The molecule has 18 heavy (non-hydrogen) atoms. The van der Waals surface area contributed by atoms with Gasteiger partial charge in [-0.25, -0.2) is 4.79 Å². The van der Waals surface area contributed by atoms with E-state index in [1.165, 1.54) is 0 Å². The summed E-state index contributed by atoms with van der Waals surface area (Å²) in [5.74, 6) is -0.383.